The third kappa shape index (κ3) is 3.65. The standard InChI is InChI=1S/C22H25FN2O/c23-20-5-1-4-19(16-20)17-8-10-18(11-9-17)22(26)25-13-3-12-24(14-15-25)21-6-2-7-21/h1,4-5,8-11,16,21H,2-3,6-7,12-15H2. The van der Waals surface area contributed by atoms with Gasteiger partial charge < -0.3 is 4.90 Å². The molecule has 1 saturated heterocycles. The van der Waals surface area contributed by atoms with E-state index in [-0.39, 0.29) is 11.7 Å². The summed E-state index contributed by atoms with van der Waals surface area (Å²) in [5.41, 5.74) is 2.46. The third-order valence-corrected chi connectivity index (χ3v) is 5.70. The van der Waals surface area contributed by atoms with E-state index in [4.69, 9.17) is 0 Å². The first-order chi connectivity index (χ1) is 12.7. The Hall–Kier alpha value is -2.20. The van der Waals surface area contributed by atoms with Gasteiger partial charge in [-0.25, -0.2) is 4.39 Å². The highest BCUT2D eigenvalue weighted by molar-refractivity contribution is 5.94. The highest BCUT2D eigenvalue weighted by Crippen LogP contribution is 2.26. The molecule has 0 bridgehead atoms. The minimum Gasteiger partial charge on any atom is -0.337 e. The van der Waals surface area contributed by atoms with Crippen molar-refractivity contribution in [3.63, 3.8) is 0 Å². The van der Waals surface area contributed by atoms with E-state index in [9.17, 15) is 9.18 Å². The lowest BCUT2D eigenvalue weighted by Gasteiger charge is -2.36. The predicted molar refractivity (Wildman–Crippen MR) is 102 cm³/mol. The Balaban J connectivity index is 1.42. The topological polar surface area (TPSA) is 23.6 Å². The van der Waals surface area contributed by atoms with Gasteiger partial charge in [-0.1, -0.05) is 30.7 Å². The number of carbonyl (C=O) groups is 1. The zero-order valence-corrected chi connectivity index (χ0v) is 15.0. The molecule has 136 valence electrons. The van der Waals surface area contributed by atoms with Crippen molar-refractivity contribution < 1.29 is 9.18 Å². The van der Waals surface area contributed by atoms with Crippen molar-refractivity contribution in [3.05, 3.63) is 59.9 Å². The zero-order valence-electron chi connectivity index (χ0n) is 15.0. The van der Waals surface area contributed by atoms with Crippen LogP contribution in [-0.2, 0) is 0 Å². The van der Waals surface area contributed by atoms with E-state index < -0.39 is 0 Å². The Morgan fingerprint density at radius 2 is 1.69 bits per heavy atom. The van der Waals surface area contributed by atoms with Gasteiger partial charge in [0, 0.05) is 37.8 Å². The third-order valence-electron chi connectivity index (χ3n) is 5.70. The van der Waals surface area contributed by atoms with Crippen molar-refractivity contribution >= 4 is 5.91 Å². The first kappa shape index (κ1) is 17.2. The van der Waals surface area contributed by atoms with Crippen molar-refractivity contribution in [1.29, 1.82) is 0 Å². The summed E-state index contributed by atoms with van der Waals surface area (Å²) in [4.78, 5) is 17.4. The molecule has 1 aliphatic carbocycles. The summed E-state index contributed by atoms with van der Waals surface area (Å²) in [6.07, 6.45) is 5.02. The van der Waals surface area contributed by atoms with E-state index >= 15 is 0 Å². The van der Waals surface area contributed by atoms with Gasteiger partial charge in [0.05, 0.1) is 0 Å². The van der Waals surface area contributed by atoms with Crippen LogP contribution in [0.4, 0.5) is 4.39 Å². The summed E-state index contributed by atoms with van der Waals surface area (Å²) in [5.74, 6) is -0.144. The summed E-state index contributed by atoms with van der Waals surface area (Å²) >= 11 is 0. The molecular formula is C22H25FN2O. The summed E-state index contributed by atoms with van der Waals surface area (Å²) < 4.78 is 13.4. The average Bonchev–Trinajstić information content (AvgIpc) is 2.86. The average molecular weight is 352 g/mol. The number of nitrogens with zero attached hydrogens (tertiary/aromatic N) is 2. The maximum absolute atomic E-state index is 13.4. The summed E-state index contributed by atoms with van der Waals surface area (Å²) in [6, 6.07) is 14.8. The van der Waals surface area contributed by atoms with Crippen LogP contribution in [0.5, 0.6) is 0 Å². The number of carbonyl (C=O) groups excluding carboxylic acids is 1. The second kappa shape index (κ2) is 7.58. The lowest BCUT2D eigenvalue weighted by atomic mass is 9.91. The molecule has 0 aromatic heterocycles. The highest BCUT2D eigenvalue weighted by Gasteiger charge is 2.27. The quantitative estimate of drug-likeness (QED) is 0.827. The molecule has 2 aromatic rings. The number of halogens is 1. The Morgan fingerprint density at radius 1 is 0.885 bits per heavy atom. The SMILES string of the molecule is O=C(c1ccc(-c2cccc(F)c2)cc1)N1CCCN(C2CCC2)CC1. The van der Waals surface area contributed by atoms with Crippen molar-refractivity contribution in [3.8, 4) is 11.1 Å². The van der Waals surface area contributed by atoms with E-state index in [0.29, 0.717) is 5.56 Å². The van der Waals surface area contributed by atoms with Crippen LogP contribution in [0.2, 0.25) is 0 Å². The van der Waals surface area contributed by atoms with E-state index in [1.165, 1.54) is 31.4 Å². The van der Waals surface area contributed by atoms with Crippen LogP contribution in [0.1, 0.15) is 36.0 Å². The second-order valence-corrected chi connectivity index (χ2v) is 7.35. The van der Waals surface area contributed by atoms with Gasteiger partial charge in [0.1, 0.15) is 5.82 Å². The van der Waals surface area contributed by atoms with Crippen LogP contribution in [0.25, 0.3) is 11.1 Å². The van der Waals surface area contributed by atoms with Crippen LogP contribution in [-0.4, -0.2) is 47.9 Å². The van der Waals surface area contributed by atoms with Gasteiger partial charge in [-0.05, 0) is 54.7 Å². The van der Waals surface area contributed by atoms with Gasteiger partial charge in [-0.3, -0.25) is 9.69 Å². The van der Waals surface area contributed by atoms with Crippen LogP contribution in [0.15, 0.2) is 48.5 Å². The van der Waals surface area contributed by atoms with E-state index in [1.807, 2.05) is 35.2 Å². The highest BCUT2D eigenvalue weighted by atomic mass is 19.1. The summed E-state index contributed by atoms with van der Waals surface area (Å²) in [6.45, 7) is 3.72. The van der Waals surface area contributed by atoms with Crippen LogP contribution >= 0.6 is 0 Å². The lowest BCUT2D eigenvalue weighted by molar-refractivity contribution is 0.0749. The van der Waals surface area contributed by atoms with Crippen molar-refractivity contribution in [2.75, 3.05) is 26.2 Å². The fourth-order valence-corrected chi connectivity index (χ4v) is 3.91. The number of amides is 1. The molecule has 2 fully saturated rings. The fraction of sp³-hybridized carbons (Fsp3) is 0.409. The minimum atomic E-state index is -0.247. The predicted octanol–water partition coefficient (Wildman–Crippen LogP) is 4.19. The molecular weight excluding hydrogens is 327 g/mol. The van der Waals surface area contributed by atoms with Gasteiger partial charge in [-0.2, -0.15) is 0 Å². The van der Waals surface area contributed by atoms with E-state index in [0.717, 1.165) is 49.8 Å². The van der Waals surface area contributed by atoms with Crippen molar-refractivity contribution in [2.45, 2.75) is 31.7 Å². The van der Waals surface area contributed by atoms with Gasteiger partial charge >= 0.3 is 0 Å². The number of hydrogen-bond donors (Lipinski definition) is 0. The van der Waals surface area contributed by atoms with Gasteiger partial charge in [-0.15, -0.1) is 0 Å². The molecule has 4 rings (SSSR count). The molecule has 1 saturated carbocycles. The normalized spacial score (nSPS) is 19.0. The zero-order chi connectivity index (χ0) is 17.9. The Bertz CT molecular complexity index is 770. The van der Waals surface area contributed by atoms with Crippen molar-refractivity contribution in [1.82, 2.24) is 9.80 Å². The van der Waals surface area contributed by atoms with Crippen molar-refractivity contribution in [2.24, 2.45) is 0 Å². The molecule has 0 atom stereocenters. The first-order valence-electron chi connectivity index (χ1n) is 9.60. The van der Waals surface area contributed by atoms with Gasteiger partial charge in [0.15, 0.2) is 0 Å². The monoisotopic (exact) mass is 352 g/mol. The minimum absolute atomic E-state index is 0.103. The number of rotatable bonds is 3. The Labute approximate surface area is 154 Å². The summed E-state index contributed by atoms with van der Waals surface area (Å²) in [5, 5.41) is 0. The molecule has 1 aliphatic heterocycles. The van der Waals surface area contributed by atoms with Gasteiger partial charge in [0.25, 0.3) is 5.91 Å². The van der Waals surface area contributed by atoms with E-state index in [1.54, 1.807) is 6.07 Å². The molecule has 4 heteroatoms. The molecule has 0 radical (unpaired) electrons. The number of benzene rings is 2. The van der Waals surface area contributed by atoms with E-state index in [2.05, 4.69) is 4.90 Å². The molecule has 1 amide bonds. The molecule has 26 heavy (non-hydrogen) atoms. The van der Waals surface area contributed by atoms with Crippen LogP contribution in [0.3, 0.4) is 0 Å². The molecule has 0 spiro atoms. The first-order valence-corrected chi connectivity index (χ1v) is 9.60. The van der Waals surface area contributed by atoms with Crippen LogP contribution in [0, 0.1) is 5.82 Å². The Morgan fingerprint density at radius 3 is 2.38 bits per heavy atom. The second-order valence-electron chi connectivity index (χ2n) is 7.35. The maximum atomic E-state index is 13.4. The lowest BCUT2D eigenvalue weighted by Crippen LogP contribution is -2.42. The summed E-state index contributed by atoms with van der Waals surface area (Å²) in [7, 11) is 0. The Kier molecular flexibility index (Phi) is 5.02. The van der Waals surface area contributed by atoms with Gasteiger partial charge in [0.2, 0.25) is 0 Å². The molecule has 0 N–H and O–H groups in total. The molecule has 3 nitrogen and oxygen atoms in total. The molecule has 0 unspecified atom stereocenters. The smallest absolute Gasteiger partial charge is 0.253 e. The molecule has 2 aromatic carbocycles. The largest absolute Gasteiger partial charge is 0.337 e. The number of hydrogen-bond acceptors (Lipinski definition) is 2. The van der Waals surface area contributed by atoms with Crippen LogP contribution < -0.4 is 0 Å². The fourth-order valence-electron chi connectivity index (χ4n) is 3.91. The molecule has 2 aliphatic rings. The maximum Gasteiger partial charge on any atom is 0.253 e. The molecule has 1 heterocycles.